The molecule has 0 aliphatic heterocycles. The van der Waals surface area contributed by atoms with E-state index in [1.54, 1.807) is 19.2 Å². The molecule has 0 saturated heterocycles. The van der Waals surface area contributed by atoms with Gasteiger partial charge >= 0.3 is 0 Å². The Balaban J connectivity index is 2.08. The zero-order valence-electron chi connectivity index (χ0n) is 12.3. The monoisotopic (exact) mass is 289 g/mol. The van der Waals surface area contributed by atoms with Crippen molar-refractivity contribution in [3.8, 4) is 23.2 Å². The van der Waals surface area contributed by atoms with Gasteiger partial charge in [0.2, 0.25) is 0 Å². The molecule has 1 heterocycles. The van der Waals surface area contributed by atoms with E-state index in [1.807, 2.05) is 30.3 Å². The third-order valence-electron chi connectivity index (χ3n) is 3.53. The van der Waals surface area contributed by atoms with Crippen molar-refractivity contribution in [2.45, 2.75) is 6.42 Å². The van der Waals surface area contributed by atoms with E-state index in [0.717, 1.165) is 40.2 Å². The molecule has 3 aromatic rings. The second kappa shape index (κ2) is 5.74. The Labute approximate surface area is 128 Å². The maximum Gasteiger partial charge on any atom is 0.138 e. The third kappa shape index (κ3) is 2.45. The Hall–Kier alpha value is -3.06. The van der Waals surface area contributed by atoms with Gasteiger partial charge in [0.1, 0.15) is 11.6 Å². The maximum atomic E-state index is 8.97. The van der Waals surface area contributed by atoms with Crippen molar-refractivity contribution in [1.29, 1.82) is 5.26 Å². The van der Waals surface area contributed by atoms with Gasteiger partial charge in [-0.15, -0.1) is 6.58 Å². The van der Waals surface area contributed by atoms with Gasteiger partial charge in [0.25, 0.3) is 0 Å². The first-order chi connectivity index (χ1) is 10.7. The number of aromatic nitrogens is 2. The van der Waals surface area contributed by atoms with Gasteiger partial charge in [0, 0.05) is 5.56 Å². The number of rotatable bonds is 4. The van der Waals surface area contributed by atoms with Crippen LogP contribution in [0.15, 0.2) is 49.1 Å². The summed E-state index contributed by atoms with van der Waals surface area (Å²) >= 11 is 0. The number of nitrogens with one attached hydrogen (secondary N) is 1. The number of hydrogen-bond donors (Lipinski definition) is 1. The lowest BCUT2D eigenvalue weighted by molar-refractivity contribution is 0.411. The van der Waals surface area contributed by atoms with E-state index < -0.39 is 0 Å². The Kier molecular flexibility index (Phi) is 3.63. The van der Waals surface area contributed by atoms with Crippen LogP contribution in [0.4, 0.5) is 0 Å². The summed E-state index contributed by atoms with van der Waals surface area (Å²) in [5, 5.41) is 8.97. The van der Waals surface area contributed by atoms with Gasteiger partial charge < -0.3 is 9.72 Å². The SMILES string of the molecule is C=CCc1cc(-c2nc3ccc(C#N)cc3[nH]2)ccc1OC. The molecule has 4 nitrogen and oxygen atoms in total. The van der Waals surface area contributed by atoms with Crippen LogP contribution in [0.2, 0.25) is 0 Å². The summed E-state index contributed by atoms with van der Waals surface area (Å²) in [6, 6.07) is 13.5. The van der Waals surface area contributed by atoms with Crippen LogP contribution >= 0.6 is 0 Å². The molecule has 0 fully saturated rings. The van der Waals surface area contributed by atoms with Gasteiger partial charge in [-0.05, 0) is 48.4 Å². The van der Waals surface area contributed by atoms with Crippen molar-refractivity contribution >= 4 is 11.0 Å². The number of nitrogens with zero attached hydrogens (tertiary/aromatic N) is 2. The minimum atomic E-state index is 0.616. The number of ether oxygens (including phenoxy) is 1. The lowest BCUT2D eigenvalue weighted by atomic mass is 10.1. The van der Waals surface area contributed by atoms with Gasteiger partial charge in [-0.1, -0.05) is 6.08 Å². The van der Waals surface area contributed by atoms with Crippen molar-refractivity contribution < 1.29 is 4.74 Å². The second-order valence-electron chi connectivity index (χ2n) is 4.95. The molecule has 0 saturated carbocycles. The Morgan fingerprint density at radius 2 is 2.18 bits per heavy atom. The highest BCUT2D eigenvalue weighted by molar-refractivity contribution is 5.80. The number of hydrogen-bond acceptors (Lipinski definition) is 3. The van der Waals surface area contributed by atoms with Crippen LogP contribution in [0.3, 0.4) is 0 Å². The number of imidazole rings is 1. The van der Waals surface area contributed by atoms with E-state index in [-0.39, 0.29) is 0 Å². The standard InChI is InChI=1S/C18H15N3O/c1-3-4-13-10-14(6-8-17(13)22-2)18-20-15-7-5-12(11-19)9-16(15)21-18/h3,5-10H,1,4H2,2H3,(H,20,21). The minimum absolute atomic E-state index is 0.616. The predicted octanol–water partition coefficient (Wildman–Crippen LogP) is 3.84. The number of benzene rings is 2. The molecule has 108 valence electrons. The van der Waals surface area contributed by atoms with Crippen molar-refractivity contribution in [2.75, 3.05) is 7.11 Å². The van der Waals surface area contributed by atoms with Gasteiger partial charge in [-0.2, -0.15) is 5.26 Å². The molecule has 4 heteroatoms. The van der Waals surface area contributed by atoms with Crippen molar-refractivity contribution in [3.63, 3.8) is 0 Å². The summed E-state index contributed by atoms with van der Waals surface area (Å²) < 4.78 is 5.36. The van der Waals surface area contributed by atoms with E-state index in [0.29, 0.717) is 5.56 Å². The van der Waals surface area contributed by atoms with E-state index in [4.69, 9.17) is 10.00 Å². The fourth-order valence-corrected chi connectivity index (χ4v) is 2.46. The highest BCUT2D eigenvalue weighted by atomic mass is 16.5. The molecule has 0 spiro atoms. The normalized spacial score (nSPS) is 10.4. The first kappa shape index (κ1) is 13.9. The van der Waals surface area contributed by atoms with E-state index in [2.05, 4.69) is 22.6 Å². The van der Waals surface area contributed by atoms with E-state index in [9.17, 15) is 0 Å². The average Bonchev–Trinajstić information content (AvgIpc) is 2.98. The number of aromatic amines is 1. The summed E-state index contributed by atoms with van der Waals surface area (Å²) in [6.07, 6.45) is 2.58. The fraction of sp³-hybridized carbons (Fsp3) is 0.111. The summed E-state index contributed by atoms with van der Waals surface area (Å²) in [4.78, 5) is 7.85. The molecule has 2 aromatic carbocycles. The molecule has 0 radical (unpaired) electrons. The Morgan fingerprint density at radius 3 is 2.91 bits per heavy atom. The number of nitriles is 1. The molecule has 1 N–H and O–H groups in total. The van der Waals surface area contributed by atoms with Crippen molar-refractivity contribution in [3.05, 3.63) is 60.2 Å². The molecular weight excluding hydrogens is 274 g/mol. The van der Waals surface area contributed by atoms with Crippen LogP contribution in [0.5, 0.6) is 5.75 Å². The van der Waals surface area contributed by atoms with Crippen molar-refractivity contribution in [2.24, 2.45) is 0 Å². The van der Waals surface area contributed by atoms with Gasteiger partial charge in [-0.25, -0.2) is 4.98 Å². The molecule has 0 unspecified atom stereocenters. The van der Waals surface area contributed by atoms with Gasteiger partial charge in [0.05, 0.1) is 29.8 Å². The summed E-state index contributed by atoms with van der Waals surface area (Å²) in [7, 11) is 1.66. The van der Waals surface area contributed by atoms with Gasteiger partial charge in [0.15, 0.2) is 0 Å². The number of allylic oxidation sites excluding steroid dienone is 1. The maximum absolute atomic E-state index is 8.97. The largest absolute Gasteiger partial charge is 0.496 e. The van der Waals surface area contributed by atoms with E-state index in [1.165, 1.54) is 0 Å². The smallest absolute Gasteiger partial charge is 0.138 e. The molecule has 0 bridgehead atoms. The molecule has 1 aromatic heterocycles. The van der Waals surface area contributed by atoms with Crippen LogP contribution in [0.1, 0.15) is 11.1 Å². The lowest BCUT2D eigenvalue weighted by Crippen LogP contribution is -1.92. The first-order valence-electron chi connectivity index (χ1n) is 6.93. The molecule has 3 rings (SSSR count). The number of H-pyrrole nitrogens is 1. The summed E-state index contributed by atoms with van der Waals surface area (Å²) in [5.74, 6) is 1.62. The van der Waals surface area contributed by atoms with Crippen LogP contribution < -0.4 is 4.74 Å². The zero-order chi connectivity index (χ0) is 15.5. The molecule has 0 aliphatic carbocycles. The first-order valence-corrected chi connectivity index (χ1v) is 6.93. The quantitative estimate of drug-likeness (QED) is 0.742. The fourth-order valence-electron chi connectivity index (χ4n) is 2.46. The van der Waals surface area contributed by atoms with Crippen molar-refractivity contribution in [1.82, 2.24) is 9.97 Å². The molecule has 0 aliphatic rings. The summed E-state index contributed by atoms with van der Waals surface area (Å²) in [6.45, 7) is 3.78. The Bertz CT molecular complexity index is 887. The predicted molar refractivity (Wildman–Crippen MR) is 86.7 cm³/mol. The van der Waals surface area contributed by atoms with E-state index >= 15 is 0 Å². The van der Waals surface area contributed by atoms with Crippen LogP contribution in [-0.4, -0.2) is 17.1 Å². The third-order valence-corrected chi connectivity index (χ3v) is 3.53. The number of methoxy groups -OCH3 is 1. The highest BCUT2D eigenvalue weighted by Gasteiger charge is 2.09. The van der Waals surface area contributed by atoms with Crippen LogP contribution in [0.25, 0.3) is 22.4 Å². The van der Waals surface area contributed by atoms with Crippen LogP contribution in [0, 0.1) is 11.3 Å². The minimum Gasteiger partial charge on any atom is -0.496 e. The molecule has 0 atom stereocenters. The topological polar surface area (TPSA) is 61.7 Å². The van der Waals surface area contributed by atoms with Crippen LogP contribution in [-0.2, 0) is 6.42 Å². The average molecular weight is 289 g/mol. The lowest BCUT2D eigenvalue weighted by Gasteiger charge is -2.08. The number of fused-ring (bicyclic) bond motifs is 1. The summed E-state index contributed by atoms with van der Waals surface area (Å²) in [5.41, 5.74) is 4.36. The molecule has 0 amide bonds. The highest BCUT2D eigenvalue weighted by Crippen LogP contribution is 2.27. The zero-order valence-corrected chi connectivity index (χ0v) is 12.3. The second-order valence-corrected chi connectivity index (χ2v) is 4.95. The Morgan fingerprint density at radius 1 is 1.32 bits per heavy atom. The van der Waals surface area contributed by atoms with Gasteiger partial charge in [-0.3, -0.25) is 0 Å². The molecule has 22 heavy (non-hydrogen) atoms. The molecular formula is C18H15N3O.